The molecular weight excluding hydrogens is 404 g/mol. The normalized spacial score (nSPS) is 11.4. The highest BCUT2D eigenvalue weighted by atomic mass is 79.9. The lowest BCUT2D eigenvalue weighted by Crippen LogP contribution is -2.18. The van der Waals surface area contributed by atoms with Gasteiger partial charge in [0, 0.05) is 17.1 Å². The van der Waals surface area contributed by atoms with Crippen molar-refractivity contribution in [1.82, 2.24) is 4.98 Å². The number of benzene rings is 2. The van der Waals surface area contributed by atoms with Crippen molar-refractivity contribution in [3.8, 4) is 0 Å². The van der Waals surface area contributed by atoms with Gasteiger partial charge in [-0.15, -0.1) is 0 Å². The van der Waals surface area contributed by atoms with Crippen molar-refractivity contribution < 1.29 is 13.2 Å². The minimum absolute atomic E-state index is 0.132. The van der Waals surface area contributed by atoms with Crippen LogP contribution < -0.4 is 5.32 Å². The largest absolute Gasteiger partial charge is 0.311 e. The van der Waals surface area contributed by atoms with Gasteiger partial charge in [-0.05, 0) is 51.0 Å². The quantitative estimate of drug-likeness (QED) is 0.683. The van der Waals surface area contributed by atoms with E-state index in [-0.39, 0.29) is 23.0 Å². The van der Waals surface area contributed by atoms with Gasteiger partial charge in [0.2, 0.25) is 5.91 Å². The summed E-state index contributed by atoms with van der Waals surface area (Å²) >= 11 is 3.26. The van der Waals surface area contributed by atoms with Crippen molar-refractivity contribution >= 4 is 48.3 Å². The molecule has 0 aliphatic carbocycles. The van der Waals surface area contributed by atoms with Gasteiger partial charge in [0.15, 0.2) is 9.84 Å². The molecule has 5 nitrogen and oxygen atoms in total. The van der Waals surface area contributed by atoms with Crippen molar-refractivity contribution in [2.45, 2.75) is 11.3 Å². The molecule has 3 rings (SSSR count). The van der Waals surface area contributed by atoms with E-state index in [1.54, 1.807) is 36.5 Å². The van der Waals surface area contributed by atoms with Gasteiger partial charge >= 0.3 is 0 Å². The number of hydrogen-bond acceptors (Lipinski definition) is 4. The van der Waals surface area contributed by atoms with Crippen molar-refractivity contribution in [2.24, 2.45) is 0 Å². The van der Waals surface area contributed by atoms with Crippen LogP contribution in [0.3, 0.4) is 0 Å². The number of carbonyl (C=O) groups is 1. The fraction of sp³-hybridized carbons (Fsp3) is 0.111. The number of hydrogen-bond donors (Lipinski definition) is 1. The lowest BCUT2D eigenvalue weighted by molar-refractivity contribution is -0.115. The Morgan fingerprint density at radius 1 is 1.04 bits per heavy atom. The second kappa shape index (κ2) is 7.33. The summed E-state index contributed by atoms with van der Waals surface area (Å²) < 4.78 is 25.7. The second-order valence-corrected chi connectivity index (χ2v) is 8.51. The number of fused-ring (bicyclic) bond motifs is 1. The lowest BCUT2D eigenvalue weighted by atomic mass is 10.1. The maximum absolute atomic E-state index is 12.5. The summed E-state index contributed by atoms with van der Waals surface area (Å²) in [6, 6.07) is 15.9. The molecule has 0 unspecified atom stereocenters. The Bertz CT molecular complexity index is 1020. The predicted octanol–water partition coefficient (Wildman–Crippen LogP) is 3.80. The SMILES string of the molecule is O=C(CCS(=O)(=O)c1ccc2ccccc2c1)Nc1ccc(Br)cn1. The Balaban J connectivity index is 1.68. The fourth-order valence-electron chi connectivity index (χ4n) is 2.36. The number of rotatable bonds is 5. The summed E-state index contributed by atoms with van der Waals surface area (Å²) in [5.41, 5.74) is 0. The van der Waals surface area contributed by atoms with Crippen LogP contribution in [0.1, 0.15) is 6.42 Å². The van der Waals surface area contributed by atoms with Crippen LogP contribution in [0.15, 0.2) is 70.2 Å². The molecule has 1 heterocycles. The summed E-state index contributed by atoms with van der Waals surface area (Å²) in [4.78, 5) is 16.2. The minimum atomic E-state index is -3.53. The van der Waals surface area contributed by atoms with Crippen molar-refractivity contribution in [2.75, 3.05) is 11.1 Å². The zero-order valence-electron chi connectivity index (χ0n) is 13.1. The number of pyridine rings is 1. The van der Waals surface area contributed by atoms with Crippen LogP contribution in [-0.4, -0.2) is 25.1 Å². The Morgan fingerprint density at radius 2 is 1.80 bits per heavy atom. The Kier molecular flexibility index (Phi) is 5.15. The highest BCUT2D eigenvalue weighted by Gasteiger charge is 2.17. The zero-order chi connectivity index (χ0) is 17.9. The van der Waals surface area contributed by atoms with Gasteiger partial charge in [0.05, 0.1) is 10.6 Å². The number of anilines is 1. The first-order chi connectivity index (χ1) is 11.9. The van der Waals surface area contributed by atoms with Gasteiger partial charge in [-0.3, -0.25) is 4.79 Å². The van der Waals surface area contributed by atoms with Crippen molar-refractivity contribution in [3.05, 3.63) is 65.3 Å². The first-order valence-corrected chi connectivity index (χ1v) is 10.0. The van der Waals surface area contributed by atoms with Gasteiger partial charge in [-0.25, -0.2) is 13.4 Å². The summed E-state index contributed by atoms with van der Waals surface area (Å²) in [7, 11) is -3.53. The molecule has 0 saturated heterocycles. The van der Waals surface area contributed by atoms with Crippen LogP contribution in [0.25, 0.3) is 10.8 Å². The molecule has 0 saturated carbocycles. The van der Waals surface area contributed by atoms with Crippen LogP contribution in [0.2, 0.25) is 0 Å². The van der Waals surface area contributed by atoms with E-state index in [0.717, 1.165) is 15.2 Å². The Morgan fingerprint density at radius 3 is 2.52 bits per heavy atom. The molecule has 1 aromatic heterocycles. The molecule has 2 aromatic carbocycles. The average molecular weight is 419 g/mol. The second-order valence-electron chi connectivity index (χ2n) is 5.49. The molecule has 0 aliphatic heterocycles. The van der Waals surface area contributed by atoms with E-state index in [2.05, 4.69) is 26.2 Å². The van der Waals surface area contributed by atoms with Crippen LogP contribution in [0.4, 0.5) is 5.82 Å². The number of nitrogens with zero attached hydrogens (tertiary/aromatic N) is 1. The smallest absolute Gasteiger partial charge is 0.226 e. The summed E-state index contributed by atoms with van der Waals surface area (Å²) in [6.07, 6.45) is 1.42. The van der Waals surface area contributed by atoms with E-state index in [9.17, 15) is 13.2 Å². The molecule has 0 aliphatic rings. The first kappa shape index (κ1) is 17.6. The minimum Gasteiger partial charge on any atom is -0.311 e. The van der Waals surface area contributed by atoms with E-state index < -0.39 is 9.84 Å². The number of aromatic nitrogens is 1. The fourth-order valence-corrected chi connectivity index (χ4v) is 3.87. The van der Waals surface area contributed by atoms with Crippen molar-refractivity contribution in [1.29, 1.82) is 0 Å². The number of halogens is 1. The molecule has 1 N–H and O–H groups in total. The highest BCUT2D eigenvalue weighted by Crippen LogP contribution is 2.20. The predicted molar refractivity (Wildman–Crippen MR) is 101 cm³/mol. The third-order valence-electron chi connectivity index (χ3n) is 3.67. The molecule has 0 radical (unpaired) electrons. The Hall–Kier alpha value is -2.25. The van der Waals surface area contributed by atoms with Gasteiger partial charge in [0.25, 0.3) is 0 Å². The molecule has 128 valence electrons. The van der Waals surface area contributed by atoms with Gasteiger partial charge in [-0.1, -0.05) is 30.3 Å². The molecule has 7 heteroatoms. The Labute approximate surface area is 154 Å². The van der Waals surface area contributed by atoms with E-state index in [0.29, 0.717) is 5.82 Å². The monoisotopic (exact) mass is 418 g/mol. The van der Waals surface area contributed by atoms with Gasteiger partial charge in [0.1, 0.15) is 5.82 Å². The topological polar surface area (TPSA) is 76.1 Å². The van der Waals surface area contributed by atoms with Gasteiger partial charge in [-0.2, -0.15) is 0 Å². The molecule has 3 aromatic rings. The molecule has 1 amide bonds. The number of nitrogens with one attached hydrogen (secondary N) is 1. The van der Waals surface area contributed by atoms with Gasteiger partial charge < -0.3 is 5.32 Å². The standard InChI is InChI=1S/C18H15BrN2O3S/c19-15-6-8-17(20-12-15)21-18(22)9-10-25(23,24)16-7-5-13-3-1-2-4-14(13)11-16/h1-8,11-12H,9-10H2,(H,20,21,22). The molecule has 0 atom stereocenters. The van der Waals surface area contributed by atoms with Crippen LogP contribution >= 0.6 is 15.9 Å². The maximum atomic E-state index is 12.5. The summed E-state index contributed by atoms with van der Waals surface area (Å²) in [6.45, 7) is 0. The molecular formula is C18H15BrN2O3S. The van der Waals surface area contributed by atoms with Crippen LogP contribution in [0.5, 0.6) is 0 Å². The molecule has 25 heavy (non-hydrogen) atoms. The first-order valence-electron chi connectivity index (χ1n) is 7.57. The average Bonchev–Trinajstić information content (AvgIpc) is 2.62. The lowest BCUT2D eigenvalue weighted by Gasteiger charge is -2.07. The highest BCUT2D eigenvalue weighted by molar-refractivity contribution is 9.10. The molecule has 0 bridgehead atoms. The van der Waals surface area contributed by atoms with Crippen LogP contribution in [-0.2, 0) is 14.6 Å². The van der Waals surface area contributed by atoms with Crippen molar-refractivity contribution in [3.63, 3.8) is 0 Å². The summed E-state index contributed by atoms with van der Waals surface area (Å²) in [5.74, 6) is -0.260. The van der Waals surface area contributed by atoms with E-state index in [1.807, 2.05) is 24.3 Å². The van der Waals surface area contributed by atoms with E-state index in [4.69, 9.17) is 0 Å². The maximum Gasteiger partial charge on any atom is 0.226 e. The third-order valence-corrected chi connectivity index (χ3v) is 5.86. The summed E-state index contributed by atoms with van der Waals surface area (Å²) in [5, 5.41) is 4.41. The van der Waals surface area contributed by atoms with E-state index >= 15 is 0 Å². The molecule has 0 fully saturated rings. The molecule has 0 spiro atoms. The number of amides is 1. The van der Waals surface area contributed by atoms with E-state index in [1.165, 1.54) is 0 Å². The van der Waals surface area contributed by atoms with Crippen LogP contribution in [0, 0.1) is 0 Å². The number of sulfone groups is 1. The zero-order valence-corrected chi connectivity index (χ0v) is 15.5. The number of carbonyl (C=O) groups excluding carboxylic acids is 1. The third kappa shape index (κ3) is 4.43.